The number of amides is 1. The van der Waals surface area contributed by atoms with Crippen LogP contribution in [0.3, 0.4) is 0 Å². The molecule has 0 aliphatic carbocycles. The van der Waals surface area contributed by atoms with Crippen LogP contribution in [0, 0.1) is 0 Å². The second kappa shape index (κ2) is 3.49. The van der Waals surface area contributed by atoms with Gasteiger partial charge in [-0.2, -0.15) is 5.10 Å². The van der Waals surface area contributed by atoms with Crippen molar-refractivity contribution in [1.29, 1.82) is 0 Å². The van der Waals surface area contributed by atoms with Gasteiger partial charge in [-0.05, 0) is 11.6 Å². The summed E-state index contributed by atoms with van der Waals surface area (Å²) in [6, 6.07) is 5.95. The average molecular weight is 189 g/mol. The van der Waals surface area contributed by atoms with E-state index in [0.717, 1.165) is 16.5 Å². The van der Waals surface area contributed by atoms with Gasteiger partial charge in [-0.15, -0.1) is 0 Å². The van der Waals surface area contributed by atoms with E-state index in [2.05, 4.69) is 15.5 Å². The summed E-state index contributed by atoms with van der Waals surface area (Å²) in [5.74, 6) is -0.0188. The molecule has 0 atom stereocenters. The SMILES string of the molecule is CC(=O)NCc1ccc2cn[nH]c2c1. The second-order valence-corrected chi connectivity index (χ2v) is 3.20. The molecule has 0 radical (unpaired) electrons. The number of aromatic nitrogens is 2. The molecular weight excluding hydrogens is 178 g/mol. The van der Waals surface area contributed by atoms with Crippen LogP contribution >= 0.6 is 0 Å². The van der Waals surface area contributed by atoms with Crippen molar-refractivity contribution in [1.82, 2.24) is 15.5 Å². The molecule has 2 aromatic rings. The molecule has 0 saturated carbocycles. The van der Waals surface area contributed by atoms with Crippen LogP contribution in [0.2, 0.25) is 0 Å². The van der Waals surface area contributed by atoms with Crippen LogP contribution in [-0.2, 0) is 11.3 Å². The van der Waals surface area contributed by atoms with Crippen LogP contribution in [0.4, 0.5) is 0 Å². The maximum Gasteiger partial charge on any atom is 0.217 e. The number of rotatable bonds is 2. The van der Waals surface area contributed by atoms with Crippen molar-refractivity contribution >= 4 is 16.8 Å². The summed E-state index contributed by atoms with van der Waals surface area (Å²) in [7, 11) is 0. The lowest BCUT2D eigenvalue weighted by Crippen LogP contribution is -2.18. The maximum atomic E-state index is 10.7. The fraction of sp³-hybridized carbons (Fsp3) is 0.200. The first-order valence-electron chi connectivity index (χ1n) is 4.42. The summed E-state index contributed by atoms with van der Waals surface area (Å²) in [5, 5.41) is 10.6. The Labute approximate surface area is 81.3 Å². The van der Waals surface area contributed by atoms with E-state index in [1.807, 2.05) is 18.2 Å². The molecular formula is C10H11N3O. The molecule has 0 bridgehead atoms. The van der Waals surface area contributed by atoms with Gasteiger partial charge in [0.2, 0.25) is 5.91 Å². The quantitative estimate of drug-likeness (QED) is 0.745. The normalized spacial score (nSPS) is 10.4. The molecule has 1 aromatic heterocycles. The first-order chi connectivity index (χ1) is 6.75. The topological polar surface area (TPSA) is 57.8 Å². The number of nitrogens with one attached hydrogen (secondary N) is 2. The minimum absolute atomic E-state index is 0.0188. The van der Waals surface area contributed by atoms with Gasteiger partial charge in [-0.3, -0.25) is 9.89 Å². The van der Waals surface area contributed by atoms with Gasteiger partial charge in [0.1, 0.15) is 0 Å². The third-order valence-corrected chi connectivity index (χ3v) is 2.05. The van der Waals surface area contributed by atoms with Crippen LogP contribution in [0.1, 0.15) is 12.5 Å². The van der Waals surface area contributed by atoms with Gasteiger partial charge in [0.25, 0.3) is 0 Å². The van der Waals surface area contributed by atoms with Crippen LogP contribution in [0.5, 0.6) is 0 Å². The Balaban J connectivity index is 2.21. The highest BCUT2D eigenvalue weighted by atomic mass is 16.1. The van der Waals surface area contributed by atoms with Gasteiger partial charge in [0.05, 0.1) is 11.7 Å². The summed E-state index contributed by atoms with van der Waals surface area (Å²) in [5.41, 5.74) is 2.06. The van der Waals surface area contributed by atoms with Crippen LogP contribution in [-0.4, -0.2) is 16.1 Å². The van der Waals surface area contributed by atoms with Crippen molar-refractivity contribution in [2.75, 3.05) is 0 Å². The Morgan fingerprint density at radius 1 is 1.57 bits per heavy atom. The summed E-state index contributed by atoms with van der Waals surface area (Å²) in [6.45, 7) is 2.07. The molecule has 2 N–H and O–H groups in total. The van der Waals surface area contributed by atoms with Crippen molar-refractivity contribution in [3.8, 4) is 0 Å². The fourth-order valence-electron chi connectivity index (χ4n) is 1.32. The van der Waals surface area contributed by atoms with E-state index in [1.165, 1.54) is 6.92 Å². The molecule has 2 rings (SSSR count). The number of fused-ring (bicyclic) bond motifs is 1. The highest BCUT2D eigenvalue weighted by molar-refractivity contribution is 5.78. The van der Waals surface area contributed by atoms with Gasteiger partial charge in [0, 0.05) is 18.9 Å². The summed E-state index contributed by atoms with van der Waals surface area (Å²) < 4.78 is 0. The Bertz CT molecular complexity index is 461. The van der Waals surface area contributed by atoms with Gasteiger partial charge in [0.15, 0.2) is 0 Å². The molecule has 0 fully saturated rings. The Kier molecular flexibility index (Phi) is 2.18. The number of aromatic amines is 1. The predicted molar refractivity (Wildman–Crippen MR) is 53.6 cm³/mol. The zero-order valence-corrected chi connectivity index (χ0v) is 7.87. The Morgan fingerprint density at radius 3 is 3.21 bits per heavy atom. The standard InChI is InChI=1S/C10H11N3O/c1-7(14)11-5-8-2-3-9-6-12-13-10(9)4-8/h2-4,6H,5H2,1H3,(H,11,14)(H,12,13). The minimum atomic E-state index is -0.0188. The van der Waals surface area contributed by atoms with Crippen LogP contribution in [0.25, 0.3) is 10.9 Å². The zero-order chi connectivity index (χ0) is 9.97. The lowest BCUT2D eigenvalue weighted by atomic mass is 10.2. The van der Waals surface area contributed by atoms with E-state index in [0.29, 0.717) is 6.54 Å². The molecule has 0 spiro atoms. The first-order valence-corrected chi connectivity index (χ1v) is 4.42. The van der Waals surface area contributed by atoms with Crippen LogP contribution in [0.15, 0.2) is 24.4 Å². The third kappa shape index (κ3) is 1.74. The molecule has 14 heavy (non-hydrogen) atoms. The van der Waals surface area contributed by atoms with E-state index >= 15 is 0 Å². The van der Waals surface area contributed by atoms with Gasteiger partial charge >= 0.3 is 0 Å². The van der Waals surface area contributed by atoms with Crippen LogP contribution < -0.4 is 5.32 Å². The summed E-state index contributed by atoms with van der Waals surface area (Å²) in [4.78, 5) is 10.7. The third-order valence-electron chi connectivity index (χ3n) is 2.05. The summed E-state index contributed by atoms with van der Waals surface area (Å²) >= 11 is 0. The molecule has 4 nitrogen and oxygen atoms in total. The number of nitrogens with zero attached hydrogens (tertiary/aromatic N) is 1. The predicted octanol–water partition coefficient (Wildman–Crippen LogP) is 1.20. The minimum Gasteiger partial charge on any atom is -0.352 e. The second-order valence-electron chi connectivity index (χ2n) is 3.20. The maximum absolute atomic E-state index is 10.7. The fourth-order valence-corrected chi connectivity index (χ4v) is 1.32. The number of carbonyl (C=O) groups excluding carboxylic acids is 1. The molecule has 4 heteroatoms. The monoisotopic (exact) mass is 189 g/mol. The lowest BCUT2D eigenvalue weighted by molar-refractivity contribution is -0.119. The molecule has 0 aliphatic rings. The highest BCUT2D eigenvalue weighted by Gasteiger charge is 1.98. The van der Waals surface area contributed by atoms with Gasteiger partial charge in [-0.1, -0.05) is 12.1 Å². The molecule has 0 saturated heterocycles. The highest BCUT2D eigenvalue weighted by Crippen LogP contribution is 2.12. The van der Waals surface area contributed by atoms with E-state index in [1.54, 1.807) is 6.20 Å². The van der Waals surface area contributed by atoms with Crippen molar-refractivity contribution in [3.63, 3.8) is 0 Å². The molecule has 0 unspecified atom stereocenters. The van der Waals surface area contributed by atoms with E-state index in [4.69, 9.17) is 0 Å². The molecule has 1 amide bonds. The Morgan fingerprint density at radius 2 is 2.43 bits per heavy atom. The van der Waals surface area contributed by atoms with Crippen molar-refractivity contribution in [2.24, 2.45) is 0 Å². The van der Waals surface area contributed by atoms with Crippen molar-refractivity contribution in [3.05, 3.63) is 30.0 Å². The molecule has 1 heterocycles. The van der Waals surface area contributed by atoms with Gasteiger partial charge in [-0.25, -0.2) is 0 Å². The molecule has 0 aliphatic heterocycles. The number of benzene rings is 1. The van der Waals surface area contributed by atoms with E-state index < -0.39 is 0 Å². The number of hydrogen-bond donors (Lipinski definition) is 2. The van der Waals surface area contributed by atoms with Gasteiger partial charge < -0.3 is 5.32 Å². The summed E-state index contributed by atoms with van der Waals surface area (Å²) in [6.07, 6.45) is 1.78. The lowest BCUT2D eigenvalue weighted by Gasteiger charge is -2.01. The largest absolute Gasteiger partial charge is 0.352 e. The molecule has 1 aromatic carbocycles. The Hall–Kier alpha value is -1.84. The van der Waals surface area contributed by atoms with Crippen molar-refractivity contribution < 1.29 is 4.79 Å². The van der Waals surface area contributed by atoms with E-state index in [9.17, 15) is 4.79 Å². The molecule has 72 valence electrons. The first kappa shape index (κ1) is 8.74. The number of hydrogen-bond acceptors (Lipinski definition) is 2. The number of carbonyl (C=O) groups is 1. The average Bonchev–Trinajstić information content (AvgIpc) is 2.61. The zero-order valence-electron chi connectivity index (χ0n) is 7.87. The smallest absolute Gasteiger partial charge is 0.217 e. The van der Waals surface area contributed by atoms with Crippen molar-refractivity contribution in [2.45, 2.75) is 13.5 Å². The number of H-pyrrole nitrogens is 1. The van der Waals surface area contributed by atoms with E-state index in [-0.39, 0.29) is 5.91 Å².